The molecule has 0 N–H and O–H groups in total. The van der Waals surface area contributed by atoms with E-state index < -0.39 is 12.1 Å². The molecule has 0 nitrogen and oxygen atoms in total. The van der Waals surface area contributed by atoms with Crippen molar-refractivity contribution in [1.82, 2.24) is 0 Å². The molecule has 0 saturated carbocycles. The minimum absolute atomic E-state index is 0.0646. The number of benzene rings is 2. The van der Waals surface area contributed by atoms with Gasteiger partial charge < -0.3 is 0 Å². The summed E-state index contributed by atoms with van der Waals surface area (Å²) < 4.78 is 40.4. The van der Waals surface area contributed by atoms with Gasteiger partial charge in [-0.2, -0.15) is 13.2 Å². The second kappa shape index (κ2) is 6.44. The lowest BCUT2D eigenvalue weighted by Gasteiger charge is -2.21. The number of aryl methyl sites for hydroxylation is 1. The largest absolute Gasteiger partial charge is 0.395 e. The first kappa shape index (κ1) is 15.1. The van der Waals surface area contributed by atoms with Crippen LogP contribution in [-0.4, -0.2) is 6.18 Å². The van der Waals surface area contributed by atoms with E-state index in [0.717, 1.165) is 10.0 Å². The van der Waals surface area contributed by atoms with Gasteiger partial charge in [0.05, 0.1) is 5.92 Å². The van der Waals surface area contributed by atoms with Gasteiger partial charge in [-0.25, -0.2) is 0 Å². The number of rotatable bonds is 4. The first-order valence-electron chi connectivity index (χ1n) is 6.33. The molecule has 1 atom stereocenters. The molecule has 0 amide bonds. The molecular formula is C16H14BrF3. The zero-order valence-electron chi connectivity index (χ0n) is 10.7. The van der Waals surface area contributed by atoms with Gasteiger partial charge in [-0.3, -0.25) is 0 Å². The first-order valence-corrected chi connectivity index (χ1v) is 7.12. The van der Waals surface area contributed by atoms with Crippen molar-refractivity contribution in [1.29, 1.82) is 0 Å². The molecule has 0 heterocycles. The van der Waals surface area contributed by atoms with Crippen LogP contribution >= 0.6 is 15.9 Å². The molecule has 0 spiro atoms. The average Bonchev–Trinajstić information content (AvgIpc) is 2.41. The molecule has 2 rings (SSSR count). The molecule has 0 radical (unpaired) electrons. The van der Waals surface area contributed by atoms with Crippen molar-refractivity contribution in [3.63, 3.8) is 0 Å². The molecule has 0 fully saturated rings. The fourth-order valence-electron chi connectivity index (χ4n) is 2.17. The lowest BCUT2D eigenvalue weighted by Crippen LogP contribution is -2.21. The molecular weight excluding hydrogens is 329 g/mol. The number of halogens is 4. The van der Waals surface area contributed by atoms with Crippen LogP contribution in [0.15, 0.2) is 59.1 Å². The fourth-order valence-corrected chi connectivity index (χ4v) is 2.43. The topological polar surface area (TPSA) is 0 Å². The third-order valence-corrected chi connectivity index (χ3v) is 3.76. The van der Waals surface area contributed by atoms with E-state index in [-0.39, 0.29) is 6.42 Å². The van der Waals surface area contributed by atoms with Crippen molar-refractivity contribution >= 4 is 15.9 Å². The molecule has 0 saturated heterocycles. The number of alkyl halides is 3. The van der Waals surface area contributed by atoms with Gasteiger partial charge in [0, 0.05) is 4.47 Å². The smallest absolute Gasteiger partial charge is 0.170 e. The van der Waals surface area contributed by atoms with E-state index in [1.54, 1.807) is 12.1 Å². The monoisotopic (exact) mass is 342 g/mol. The molecule has 2 aromatic rings. The summed E-state index contributed by atoms with van der Waals surface area (Å²) in [7, 11) is 0. The van der Waals surface area contributed by atoms with Crippen LogP contribution < -0.4 is 0 Å². The van der Waals surface area contributed by atoms with Gasteiger partial charge in [-0.15, -0.1) is 0 Å². The SMILES string of the molecule is FC(F)(F)C(CCc1ccccc1)c1ccc(Br)cc1. The Hall–Kier alpha value is -1.29. The zero-order chi connectivity index (χ0) is 14.6. The molecule has 0 bridgehead atoms. The maximum Gasteiger partial charge on any atom is 0.395 e. The average molecular weight is 343 g/mol. The molecule has 20 heavy (non-hydrogen) atoms. The Morgan fingerprint density at radius 3 is 2.05 bits per heavy atom. The highest BCUT2D eigenvalue weighted by Crippen LogP contribution is 2.38. The van der Waals surface area contributed by atoms with Crippen LogP contribution in [0.3, 0.4) is 0 Å². The summed E-state index contributed by atoms with van der Waals surface area (Å²) in [6.07, 6.45) is -3.74. The third-order valence-electron chi connectivity index (χ3n) is 3.23. The summed E-state index contributed by atoms with van der Waals surface area (Å²) in [6, 6.07) is 15.6. The summed E-state index contributed by atoms with van der Waals surface area (Å²) in [5.41, 5.74) is 1.25. The lowest BCUT2D eigenvalue weighted by molar-refractivity contribution is -0.151. The molecule has 4 heteroatoms. The van der Waals surface area contributed by atoms with E-state index in [9.17, 15) is 13.2 Å². The summed E-state index contributed by atoms with van der Waals surface area (Å²) in [4.78, 5) is 0. The van der Waals surface area contributed by atoms with Gasteiger partial charge in [-0.05, 0) is 36.1 Å². The summed E-state index contributed by atoms with van der Waals surface area (Å²) >= 11 is 3.24. The Bertz CT molecular complexity index is 532. The van der Waals surface area contributed by atoms with Crippen molar-refractivity contribution in [2.45, 2.75) is 24.9 Å². The second-order valence-electron chi connectivity index (χ2n) is 4.67. The highest BCUT2D eigenvalue weighted by molar-refractivity contribution is 9.10. The predicted molar refractivity (Wildman–Crippen MR) is 77.7 cm³/mol. The van der Waals surface area contributed by atoms with Gasteiger partial charge in [0.25, 0.3) is 0 Å². The summed E-state index contributed by atoms with van der Waals surface area (Å²) in [5, 5.41) is 0. The Kier molecular flexibility index (Phi) is 4.86. The molecule has 1 unspecified atom stereocenters. The maximum absolute atomic E-state index is 13.2. The van der Waals surface area contributed by atoms with E-state index in [2.05, 4.69) is 15.9 Å². The minimum atomic E-state index is -4.22. The molecule has 0 aliphatic heterocycles. The van der Waals surface area contributed by atoms with Crippen LogP contribution in [0, 0.1) is 0 Å². The van der Waals surface area contributed by atoms with Crippen LogP contribution in [0.25, 0.3) is 0 Å². The lowest BCUT2D eigenvalue weighted by atomic mass is 9.92. The van der Waals surface area contributed by atoms with E-state index >= 15 is 0 Å². The van der Waals surface area contributed by atoms with Gasteiger partial charge in [0.1, 0.15) is 0 Å². The molecule has 0 aliphatic carbocycles. The number of hydrogen-bond acceptors (Lipinski definition) is 0. The third kappa shape index (κ3) is 4.10. The molecule has 0 aliphatic rings. The van der Waals surface area contributed by atoms with Crippen LogP contribution in [0.1, 0.15) is 23.5 Å². The van der Waals surface area contributed by atoms with Crippen molar-refractivity contribution in [2.24, 2.45) is 0 Å². The van der Waals surface area contributed by atoms with Crippen LogP contribution in [0.2, 0.25) is 0 Å². The highest BCUT2D eigenvalue weighted by atomic mass is 79.9. The van der Waals surface area contributed by atoms with Crippen LogP contribution in [0.4, 0.5) is 13.2 Å². The van der Waals surface area contributed by atoms with Crippen molar-refractivity contribution < 1.29 is 13.2 Å². The molecule has 2 aromatic carbocycles. The van der Waals surface area contributed by atoms with Crippen LogP contribution in [-0.2, 0) is 6.42 Å². The number of hydrogen-bond donors (Lipinski definition) is 0. The highest BCUT2D eigenvalue weighted by Gasteiger charge is 2.40. The van der Waals surface area contributed by atoms with Crippen LogP contribution in [0.5, 0.6) is 0 Å². The maximum atomic E-state index is 13.2. The first-order chi connectivity index (χ1) is 9.47. The zero-order valence-corrected chi connectivity index (χ0v) is 12.3. The fraction of sp³-hybridized carbons (Fsp3) is 0.250. The minimum Gasteiger partial charge on any atom is -0.170 e. The van der Waals surface area contributed by atoms with E-state index in [4.69, 9.17) is 0 Å². The second-order valence-corrected chi connectivity index (χ2v) is 5.59. The Morgan fingerprint density at radius 2 is 1.50 bits per heavy atom. The van der Waals surface area contributed by atoms with E-state index in [1.165, 1.54) is 12.1 Å². The van der Waals surface area contributed by atoms with E-state index in [1.807, 2.05) is 30.3 Å². The standard InChI is InChI=1S/C16H14BrF3/c17-14-9-7-13(8-10-14)15(16(18,19)20)11-6-12-4-2-1-3-5-12/h1-5,7-10,15H,6,11H2. The Labute approximate surface area is 124 Å². The molecule has 0 aromatic heterocycles. The van der Waals surface area contributed by atoms with Crippen molar-refractivity contribution in [3.8, 4) is 0 Å². The van der Waals surface area contributed by atoms with Gasteiger partial charge in [-0.1, -0.05) is 58.4 Å². The summed E-state index contributed by atoms with van der Waals surface area (Å²) in [5.74, 6) is -1.42. The van der Waals surface area contributed by atoms with E-state index in [0.29, 0.717) is 12.0 Å². The van der Waals surface area contributed by atoms with Gasteiger partial charge in [0.2, 0.25) is 0 Å². The quantitative estimate of drug-likeness (QED) is 0.665. The summed E-state index contributed by atoms with van der Waals surface area (Å²) in [6.45, 7) is 0. The van der Waals surface area contributed by atoms with Gasteiger partial charge >= 0.3 is 6.18 Å². The normalized spacial score (nSPS) is 13.2. The Morgan fingerprint density at radius 1 is 0.900 bits per heavy atom. The van der Waals surface area contributed by atoms with Crippen molar-refractivity contribution in [3.05, 3.63) is 70.2 Å². The molecule has 106 valence electrons. The Balaban J connectivity index is 2.14. The van der Waals surface area contributed by atoms with Gasteiger partial charge in [0.15, 0.2) is 0 Å². The van der Waals surface area contributed by atoms with Crippen molar-refractivity contribution in [2.75, 3.05) is 0 Å². The predicted octanol–water partition coefficient (Wildman–Crippen LogP) is 5.73.